The molecule has 1 fully saturated rings. The van der Waals surface area contributed by atoms with Gasteiger partial charge in [0.25, 0.3) is 0 Å². The summed E-state index contributed by atoms with van der Waals surface area (Å²) in [4.78, 5) is 14.3. The predicted octanol–water partition coefficient (Wildman–Crippen LogP) is 2.90. The van der Waals surface area contributed by atoms with Gasteiger partial charge in [0.15, 0.2) is 0 Å². The zero-order valence-electron chi connectivity index (χ0n) is 13.7. The molecule has 0 spiro atoms. The van der Waals surface area contributed by atoms with Gasteiger partial charge in [-0.15, -0.1) is 12.4 Å². The van der Waals surface area contributed by atoms with Crippen molar-refractivity contribution < 1.29 is 9.18 Å². The number of piperidine rings is 1. The van der Waals surface area contributed by atoms with Crippen molar-refractivity contribution in [3.05, 3.63) is 30.1 Å². The lowest BCUT2D eigenvalue weighted by Gasteiger charge is -2.31. The molecule has 1 saturated heterocycles. The van der Waals surface area contributed by atoms with E-state index in [4.69, 9.17) is 0 Å². The molecule has 1 aromatic carbocycles. The number of carbonyl (C=O) groups is 1. The fourth-order valence-corrected chi connectivity index (χ4v) is 2.90. The van der Waals surface area contributed by atoms with Gasteiger partial charge in [-0.3, -0.25) is 4.79 Å². The molecule has 0 aromatic heterocycles. The van der Waals surface area contributed by atoms with E-state index < -0.39 is 0 Å². The molecule has 2 N–H and O–H groups in total. The number of nitrogens with zero attached hydrogens (tertiary/aromatic N) is 1. The lowest BCUT2D eigenvalue weighted by molar-refractivity contribution is -0.116. The van der Waals surface area contributed by atoms with Crippen molar-refractivity contribution in [3.63, 3.8) is 0 Å². The number of carbonyl (C=O) groups excluding carboxylic acids is 1. The number of anilines is 1. The summed E-state index contributed by atoms with van der Waals surface area (Å²) in [7, 11) is 1.99. The van der Waals surface area contributed by atoms with Gasteiger partial charge in [0.1, 0.15) is 5.82 Å². The van der Waals surface area contributed by atoms with E-state index in [9.17, 15) is 9.18 Å². The topological polar surface area (TPSA) is 44.4 Å². The van der Waals surface area contributed by atoms with Crippen molar-refractivity contribution in [1.82, 2.24) is 10.2 Å². The second-order valence-corrected chi connectivity index (χ2v) is 5.99. The van der Waals surface area contributed by atoms with Gasteiger partial charge in [0.05, 0.1) is 0 Å². The highest BCUT2D eigenvalue weighted by Gasteiger charge is 2.19. The first-order chi connectivity index (χ1) is 10.7. The Labute approximate surface area is 144 Å². The molecule has 0 aliphatic carbocycles. The number of hydrogen-bond acceptors (Lipinski definition) is 3. The molecule has 1 aromatic rings. The maximum Gasteiger partial charge on any atom is 0.225 e. The van der Waals surface area contributed by atoms with E-state index in [-0.39, 0.29) is 24.1 Å². The van der Waals surface area contributed by atoms with Gasteiger partial charge >= 0.3 is 0 Å². The molecule has 6 heteroatoms. The third-order valence-corrected chi connectivity index (χ3v) is 4.27. The summed E-state index contributed by atoms with van der Waals surface area (Å²) in [5.74, 6) is 0.425. The molecule has 1 aliphatic rings. The second kappa shape index (κ2) is 10.6. The second-order valence-electron chi connectivity index (χ2n) is 5.99. The van der Waals surface area contributed by atoms with Crippen LogP contribution in [0.1, 0.15) is 25.7 Å². The predicted molar refractivity (Wildman–Crippen MR) is 94.6 cm³/mol. The van der Waals surface area contributed by atoms with Crippen LogP contribution >= 0.6 is 12.4 Å². The third kappa shape index (κ3) is 7.29. The zero-order chi connectivity index (χ0) is 15.8. The van der Waals surface area contributed by atoms with Crippen LogP contribution in [0.3, 0.4) is 0 Å². The fraction of sp³-hybridized carbons (Fsp3) is 0.588. The minimum absolute atomic E-state index is 0. The zero-order valence-corrected chi connectivity index (χ0v) is 14.5. The van der Waals surface area contributed by atoms with Crippen molar-refractivity contribution in [3.8, 4) is 0 Å². The quantitative estimate of drug-likeness (QED) is 0.800. The van der Waals surface area contributed by atoms with Crippen LogP contribution in [0.4, 0.5) is 10.1 Å². The van der Waals surface area contributed by atoms with Crippen molar-refractivity contribution in [2.24, 2.45) is 5.92 Å². The summed E-state index contributed by atoms with van der Waals surface area (Å²) in [5.41, 5.74) is 0.524. The van der Waals surface area contributed by atoms with E-state index in [1.165, 1.54) is 31.4 Å². The van der Waals surface area contributed by atoms with E-state index >= 15 is 0 Å². The van der Waals surface area contributed by atoms with E-state index in [0.717, 1.165) is 32.1 Å². The SMILES string of the molecule is CNCCC1CCN(CCC(=O)Nc2cccc(F)c2)CC1.Cl. The number of halogens is 2. The number of likely N-dealkylation sites (tertiary alicyclic amines) is 1. The molecule has 0 bridgehead atoms. The summed E-state index contributed by atoms with van der Waals surface area (Å²) in [5, 5.41) is 5.95. The van der Waals surface area contributed by atoms with Crippen LogP contribution in [0, 0.1) is 11.7 Å². The maximum absolute atomic E-state index is 13.1. The molecule has 1 amide bonds. The highest BCUT2D eigenvalue weighted by Crippen LogP contribution is 2.20. The molecule has 0 unspecified atom stereocenters. The Kier molecular flexibility index (Phi) is 9.14. The first-order valence-corrected chi connectivity index (χ1v) is 8.10. The molecule has 0 atom stereocenters. The fourth-order valence-electron chi connectivity index (χ4n) is 2.90. The van der Waals surface area contributed by atoms with Crippen molar-refractivity contribution in [2.75, 3.05) is 38.5 Å². The monoisotopic (exact) mass is 343 g/mol. The molecular formula is C17H27ClFN3O. The van der Waals surface area contributed by atoms with Crippen LogP contribution in [0.5, 0.6) is 0 Å². The van der Waals surface area contributed by atoms with Gasteiger partial charge in [0, 0.05) is 18.7 Å². The molecule has 0 saturated carbocycles. The summed E-state index contributed by atoms with van der Waals surface area (Å²) in [6, 6.07) is 6.01. The highest BCUT2D eigenvalue weighted by atomic mass is 35.5. The van der Waals surface area contributed by atoms with E-state index in [2.05, 4.69) is 15.5 Å². The lowest BCUT2D eigenvalue weighted by atomic mass is 9.93. The summed E-state index contributed by atoms with van der Waals surface area (Å²) in [6.45, 7) is 4.00. The number of benzene rings is 1. The Balaban J connectivity index is 0.00000264. The molecular weight excluding hydrogens is 317 g/mol. The first-order valence-electron chi connectivity index (χ1n) is 8.10. The maximum atomic E-state index is 13.1. The Morgan fingerprint density at radius 3 is 2.74 bits per heavy atom. The minimum Gasteiger partial charge on any atom is -0.326 e. The van der Waals surface area contributed by atoms with Crippen LogP contribution in [0.15, 0.2) is 24.3 Å². The first kappa shape index (κ1) is 19.9. The molecule has 2 rings (SSSR count). The van der Waals surface area contributed by atoms with E-state index in [1.54, 1.807) is 12.1 Å². The number of nitrogens with one attached hydrogen (secondary N) is 2. The average Bonchev–Trinajstić information content (AvgIpc) is 2.52. The third-order valence-electron chi connectivity index (χ3n) is 4.27. The minimum atomic E-state index is -0.332. The molecule has 0 radical (unpaired) electrons. The van der Waals surface area contributed by atoms with Gasteiger partial charge in [-0.2, -0.15) is 0 Å². The number of amides is 1. The molecule has 130 valence electrons. The summed E-state index contributed by atoms with van der Waals surface area (Å²) in [6.07, 6.45) is 4.13. The van der Waals surface area contributed by atoms with Crippen LogP contribution < -0.4 is 10.6 Å². The van der Waals surface area contributed by atoms with Crippen molar-refractivity contribution >= 4 is 24.0 Å². The van der Waals surface area contributed by atoms with Gasteiger partial charge < -0.3 is 15.5 Å². The number of hydrogen-bond donors (Lipinski definition) is 2. The summed E-state index contributed by atoms with van der Waals surface area (Å²) < 4.78 is 13.1. The average molecular weight is 344 g/mol. The molecule has 23 heavy (non-hydrogen) atoms. The van der Waals surface area contributed by atoms with E-state index in [0.29, 0.717) is 12.1 Å². The van der Waals surface area contributed by atoms with Gasteiger partial charge in [0.2, 0.25) is 5.91 Å². The van der Waals surface area contributed by atoms with Gasteiger partial charge in [-0.25, -0.2) is 4.39 Å². The Hall–Kier alpha value is -1.17. The van der Waals surface area contributed by atoms with Gasteiger partial charge in [-0.1, -0.05) is 6.07 Å². The van der Waals surface area contributed by atoms with Gasteiger partial charge in [-0.05, 0) is 70.1 Å². The van der Waals surface area contributed by atoms with Crippen LogP contribution in [0.25, 0.3) is 0 Å². The Morgan fingerprint density at radius 2 is 2.09 bits per heavy atom. The Bertz CT molecular complexity index is 479. The Morgan fingerprint density at radius 1 is 1.35 bits per heavy atom. The normalized spacial score (nSPS) is 15.9. The standard InChI is InChI=1S/C17H26FN3O.ClH/c1-19-9-5-14-6-10-21(11-7-14)12-8-17(22)20-16-4-2-3-15(18)13-16;/h2-4,13-14,19H,5-12H2,1H3,(H,20,22);1H. The summed E-state index contributed by atoms with van der Waals surface area (Å²) >= 11 is 0. The molecule has 4 nitrogen and oxygen atoms in total. The molecule has 1 aliphatic heterocycles. The van der Waals surface area contributed by atoms with Crippen LogP contribution in [-0.2, 0) is 4.79 Å². The van der Waals surface area contributed by atoms with Crippen molar-refractivity contribution in [1.29, 1.82) is 0 Å². The number of rotatable bonds is 7. The largest absolute Gasteiger partial charge is 0.326 e. The van der Waals surface area contributed by atoms with Crippen molar-refractivity contribution in [2.45, 2.75) is 25.7 Å². The smallest absolute Gasteiger partial charge is 0.225 e. The highest BCUT2D eigenvalue weighted by molar-refractivity contribution is 5.90. The van der Waals surface area contributed by atoms with Crippen LogP contribution in [0.2, 0.25) is 0 Å². The van der Waals surface area contributed by atoms with Crippen LogP contribution in [-0.4, -0.2) is 44.0 Å². The molecule has 1 heterocycles. The lowest BCUT2D eigenvalue weighted by Crippen LogP contribution is -2.36. The van der Waals surface area contributed by atoms with E-state index in [1.807, 2.05) is 7.05 Å².